The van der Waals surface area contributed by atoms with Gasteiger partial charge < -0.3 is 20.3 Å². The van der Waals surface area contributed by atoms with Crippen molar-refractivity contribution in [3.05, 3.63) is 52.6 Å². The Morgan fingerprint density at radius 1 is 1.44 bits per heavy atom. The molecular formula is C17H16ClFN4O4. The minimum absolute atomic E-state index is 0.0659. The number of rotatable bonds is 7. The number of aromatic carboxylic acids is 1. The van der Waals surface area contributed by atoms with E-state index in [-0.39, 0.29) is 35.3 Å². The number of ether oxygens (including phenoxy) is 2. The van der Waals surface area contributed by atoms with Crippen LogP contribution in [0.5, 0.6) is 11.6 Å². The fourth-order valence-electron chi connectivity index (χ4n) is 2.53. The Balaban J connectivity index is 1.94. The number of carbonyl (C=O) groups is 1. The molecule has 0 fully saturated rings. The number of nitrogens with two attached hydrogens (primary N) is 1. The van der Waals surface area contributed by atoms with Crippen molar-refractivity contribution in [2.24, 2.45) is 5.73 Å². The average Bonchev–Trinajstić information content (AvgIpc) is 3.06. The number of nitrogens with zero attached hydrogens (tertiary/aromatic N) is 3. The van der Waals surface area contributed by atoms with Gasteiger partial charge in [-0.2, -0.15) is 10.1 Å². The highest BCUT2D eigenvalue weighted by Gasteiger charge is 2.22. The maximum atomic E-state index is 13.9. The van der Waals surface area contributed by atoms with Gasteiger partial charge in [-0.25, -0.2) is 13.7 Å². The molecule has 3 N–H and O–H groups in total. The van der Waals surface area contributed by atoms with Gasteiger partial charge in [0.25, 0.3) is 0 Å². The Kier molecular flexibility index (Phi) is 5.43. The number of fused-ring (bicyclic) bond motifs is 1. The van der Waals surface area contributed by atoms with E-state index >= 15 is 0 Å². The van der Waals surface area contributed by atoms with Crippen LogP contribution in [-0.2, 0) is 0 Å². The van der Waals surface area contributed by atoms with Gasteiger partial charge >= 0.3 is 5.97 Å². The van der Waals surface area contributed by atoms with Crippen LogP contribution in [0.25, 0.3) is 5.65 Å². The number of halogens is 2. The van der Waals surface area contributed by atoms with E-state index in [1.807, 2.05) is 0 Å². The van der Waals surface area contributed by atoms with E-state index in [1.165, 1.54) is 35.1 Å². The number of aromatic nitrogens is 3. The van der Waals surface area contributed by atoms with Crippen LogP contribution in [0.15, 0.2) is 30.6 Å². The number of hydrogen-bond acceptors (Lipinski definition) is 6. The highest BCUT2D eigenvalue weighted by Crippen LogP contribution is 2.36. The molecule has 142 valence electrons. The topological polar surface area (TPSA) is 112 Å². The van der Waals surface area contributed by atoms with Crippen LogP contribution in [0.2, 0.25) is 5.02 Å². The van der Waals surface area contributed by atoms with Crippen molar-refractivity contribution in [2.45, 2.75) is 13.0 Å². The fraction of sp³-hybridized carbons (Fsp3) is 0.235. The Hall–Kier alpha value is -2.91. The van der Waals surface area contributed by atoms with Crippen molar-refractivity contribution >= 4 is 23.2 Å². The summed E-state index contributed by atoms with van der Waals surface area (Å²) in [5, 5.41) is 13.0. The van der Waals surface area contributed by atoms with E-state index in [0.717, 1.165) is 0 Å². The smallest absolute Gasteiger partial charge is 0.341 e. The molecule has 1 atom stereocenters. The Morgan fingerprint density at radius 2 is 2.22 bits per heavy atom. The molecule has 0 aliphatic heterocycles. The van der Waals surface area contributed by atoms with Gasteiger partial charge in [0.05, 0.1) is 16.8 Å². The molecule has 0 radical (unpaired) electrons. The van der Waals surface area contributed by atoms with E-state index in [4.69, 9.17) is 26.8 Å². The second kappa shape index (κ2) is 7.77. The number of hydrogen-bond donors (Lipinski definition) is 2. The van der Waals surface area contributed by atoms with Crippen LogP contribution >= 0.6 is 11.6 Å². The van der Waals surface area contributed by atoms with E-state index in [9.17, 15) is 14.3 Å². The zero-order chi connectivity index (χ0) is 19.6. The summed E-state index contributed by atoms with van der Waals surface area (Å²) < 4.78 is 26.5. The molecule has 0 aliphatic rings. The van der Waals surface area contributed by atoms with Gasteiger partial charge in [0.15, 0.2) is 5.65 Å². The zero-order valence-electron chi connectivity index (χ0n) is 14.2. The highest BCUT2D eigenvalue weighted by atomic mass is 35.5. The first-order chi connectivity index (χ1) is 12.9. The number of carboxylic acids is 1. The quantitative estimate of drug-likeness (QED) is 0.633. The third-order valence-corrected chi connectivity index (χ3v) is 4.13. The van der Waals surface area contributed by atoms with E-state index in [1.54, 1.807) is 6.92 Å². The standard InChI is InChI=1S/C17H16ClFN4O4/c1-9(14-12(26-7-5-20)3-2-11(19)15(14)18)27-13-4-6-23-16(22-13)10(8-21-23)17(24)25/h2-4,6,8-9H,5,7,20H2,1H3,(H,24,25). The minimum Gasteiger partial charge on any atom is -0.492 e. The highest BCUT2D eigenvalue weighted by molar-refractivity contribution is 6.31. The average molecular weight is 395 g/mol. The van der Waals surface area contributed by atoms with Gasteiger partial charge in [0.2, 0.25) is 5.88 Å². The predicted molar refractivity (Wildman–Crippen MR) is 94.9 cm³/mol. The van der Waals surface area contributed by atoms with E-state index in [0.29, 0.717) is 11.3 Å². The van der Waals surface area contributed by atoms with Crippen molar-refractivity contribution in [3.63, 3.8) is 0 Å². The van der Waals surface area contributed by atoms with Crippen LogP contribution < -0.4 is 15.2 Å². The number of benzene rings is 1. The van der Waals surface area contributed by atoms with Crippen LogP contribution in [0.1, 0.15) is 28.9 Å². The van der Waals surface area contributed by atoms with Gasteiger partial charge in [0.1, 0.15) is 29.8 Å². The van der Waals surface area contributed by atoms with Crippen LogP contribution in [-0.4, -0.2) is 38.8 Å². The molecule has 10 heteroatoms. The van der Waals surface area contributed by atoms with Crippen LogP contribution in [0, 0.1) is 5.82 Å². The lowest BCUT2D eigenvalue weighted by Gasteiger charge is -2.19. The van der Waals surface area contributed by atoms with Gasteiger partial charge in [-0.15, -0.1) is 0 Å². The van der Waals surface area contributed by atoms with Crippen molar-refractivity contribution in [3.8, 4) is 11.6 Å². The molecule has 0 saturated heterocycles. The fourth-order valence-corrected chi connectivity index (χ4v) is 2.84. The maximum absolute atomic E-state index is 13.9. The second-order valence-electron chi connectivity index (χ2n) is 5.57. The summed E-state index contributed by atoms with van der Waals surface area (Å²) in [7, 11) is 0. The predicted octanol–water partition coefficient (Wildman–Crippen LogP) is 2.70. The first-order valence-electron chi connectivity index (χ1n) is 7.97. The summed E-state index contributed by atoms with van der Waals surface area (Å²) in [6, 6.07) is 4.15. The Bertz CT molecular complexity index is 994. The summed E-state index contributed by atoms with van der Waals surface area (Å²) in [6.45, 7) is 2.15. The van der Waals surface area contributed by atoms with E-state index < -0.39 is 17.9 Å². The molecule has 0 amide bonds. The van der Waals surface area contributed by atoms with Gasteiger partial charge in [-0.1, -0.05) is 11.6 Å². The molecule has 0 aliphatic carbocycles. The second-order valence-corrected chi connectivity index (χ2v) is 5.95. The van der Waals surface area contributed by atoms with Gasteiger partial charge in [0, 0.05) is 18.8 Å². The first kappa shape index (κ1) is 18.9. The van der Waals surface area contributed by atoms with Crippen molar-refractivity contribution in [1.29, 1.82) is 0 Å². The van der Waals surface area contributed by atoms with Crippen LogP contribution in [0.3, 0.4) is 0 Å². The van der Waals surface area contributed by atoms with Crippen molar-refractivity contribution < 1.29 is 23.8 Å². The number of carboxylic acid groups (broad SMARTS) is 1. The normalized spacial score (nSPS) is 12.1. The molecule has 8 nitrogen and oxygen atoms in total. The third-order valence-electron chi connectivity index (χ3n) is 3.75. The first-order valence-corrected chi connectivity index (χ1v) is 8.35. The molecule has 0 bridgehead atoms. The third kappa shape index (κ3) is 3.79. The molecular weight excluding hydrogens is 379 g/mol. The lowest BCUT2D eigenvalue weighted by Crippen LogP contribution is -2.14. The molecule has 2 heterocycles. The maximum Gasteiger partial charge on any atom is 0.341 e. The molecule has 3 aromatic rings. The lowest BCUT2D eigenvalue weighted by molar-refractivity contribution is 0.0698. The Morgan fingerprint density at radius 3 is 2.93 bits per heavy atom. The zero-order valence-corrected chi connectivity index (χ0v) is 15.0. The van der Waals surface area contributed by atoms with Gasteiger partial charge in [-0.05, 0) is 19.1 Å². The largest absolute Gasteiger partial charge is 0.492 e. The molecule has 27 heavy (non-hydrogen) atoms. The molecule has 1 aromatic carbocycles. The monoisotopic (exact) mass is 394 g/mol. The molecule has 1 unspecified atom stereocenters. The van der Waals surface area contributed by atoms with Gasteiger partial charge in [-0.3, -0.25) is 0 Å². The summed E-state index contributed by atoms with van der Waals surface area (Å²) >= 11 is 6.10. The summed E-state index contributed by atoms with van der Waals surface area (Å²) in [6.07, 6.45) is 1.97. The van der Waals surface area contributed by atoms with Crippen molar-refractivity contribution in [2.75, 3.05) is 13.2 Å². The molecule has 0 spiro atoms. The summed E-state index contributed by atoms with van der Waals surface area (Å²) in [5.74, 6) is -1.30. The van der Waals surface area contributed by atoms with Crippen LogP contribution in [0.4, 0.5) is 4.39 Å². The SMILES string of the molecule is CC(Oc1ccn2ncc(C(=O)O)c2n1)c1c(OCCN)ccc(F)c1Cl. The van der Waals surface area contributed by atoms with Crippen molar-refractivity contribution in [1.82, 2.24) is 14.6 Å². The molecule has 0 saturated carbocycles. The summed E-state index contributed by atoms with van der Waals surface area (Å²) in [4.78, 5) is 15.4. The van der Waals surface area contributed by atoms with E-state index in [2.05, 4.69) is 10.1 Å². The molecule has 2 aromatic heterocycles. The minimum atomic E-state index is -1.16. The summed E-state index contributed by atoms with van der Waals surface area (Å²) in [5.41, 5.74) is 5.81. The molecule has 3 rings (SSSR count). The lowest BCUT2D eigenvalue weighted by atomic mass is 10.1. The Labute approximate surface area is 158 Å².